The van der Waals surface area contributed by atoms with Gasteiger partial charge in [0.25, 0.3) is 5.56 Å². The second kappa shape index (κ2) is 6.54. The van der Waals surface area contributed by atoms with Crippen molar-refractivity contribution in [3.05, 3.63) is 93.8 Å². The van der Waals surface area contributed by atoms with E-state index in [4.69, 9.17) is 0 Å². The van der Waals surface area contributed by atoms with Crippen molar-refractivity contribution in [2.75, 3.05) is 0 Å². The van der Waals surface area contributed by atoms with Gasteiger partial charge in [0, 0.05) is 19.0 Å². The predicted octanol–water partition coefficient (Wildman–Crippen LogP) is 3.34. The van der Waals surface area contributed by atoms with Crippen LogP contribution in [0.2, 0.25) is 0 Å². The van der Waals surface area contributed by atoms with Crippen LogP contribution in [-0.4, -0.2) is 15.6 Å². The number of carbonyl (C=O) groups is 1. The quantitative estimate of drug-likeness (QED) is 0.802. The smallest absolute Gasteiger partial charge is 0.337 e. The van der Waals surface area contributed by atoms with Gasteiger partial charge in [-0.25, -0.2) is 4.79 Å². The third kappa shape index (κ3) is 2.99. The van der Waals surface area contributed by atoms with Crippen LogP contribution in [0.15, 0.2) is 71.5 Å². The Morgan fingerprint density at radius 2 is 1.58 bits per heavy atom. The monoisotopic (exact) mass is 319 g/mol. The summed E-state index contributed by atoms with van der Waals surface area (Å²) in [6.45, 7) is 0. The molecule has 0 unspecified atom stereocenters. The zero-order chi connectivity index (χ0) is 17.1. The molecule has 0 atom stereocenters. The van der Waals surface area contributed by atoms with Crippen LogP contribution >= 0.6 is 0 Å². The van der Waals surface area contributed by atoms with Gasteiger partial charge < -0.3 is 9.67 Å². The largest absolute Gasteiger partial charge is 0.478 e. The van der Waals surface area contributed by atoms with E-state index in [1.807, 2.05) is 48.5 Å². The Balaban J connectivity index is 2.18. The number of aromatic carboxylic acids is 1. The van der Waals surface area contributed by atoms with Crippen molar-refractivity contribution < 1.29 is 9.90 Å². The molecule has 4 nitrogen and oxygen atoms in total. The molecule has 3 aromatic rings. The maximum absolute atomic E-state index is 12.7. The molecule has 0 fully saturated rings. The molecule has 0 spiro atoms. The van der Waals surface area contributed by atoms with Crippen LogP contribution < -0.4 is 5.56 Å². The minimum absolute atomic E-state index is 0.134. The second-order valence-electron chi connectivity index (χ2n) is 5.63. The summed E-state index contributed by atoms with van der Waals surface area (Å²) in [7, 11) is 1.62. The van der Waals surface area contributed by atoms with E-state index >= 15 is 0 Å². The van der Waals surface area contributed by atoms with Crippen molar-refractivity contribution in [3.63, 3.8) is 0 Å². The first-order valence-corrected chi connectivity index (χ1v) is 7.63. The average Bonchev–Trinajstić information content (AvgIpc) is 2.60. The molecule has 1 heterocycles. The highest BCUT2D eigenvalue weighted by Gasteiger charge is 2.18. The first-order valence-electron chi connectivity index (χ1n) is 7.63. The van der Waals surface area contributed by atoms with Gasteiger partial charge in [-0.3, -0.25) is 4.79 Å². The normalized spacial score (nSPS) is 10.5. The Labute approximate surface area is 139 Å². The van der Waals surface area contributed by atoms with Crippen LogP contribution in [0.3, 0.4) is 0 Å². The van der Waals surface area contributed by atoms with E-state index in [9.17, 15) is 14.7 Å². The number of carboxylic acids is 1. The summed E-state index contributed by atoms with van der Waals surface area (Å²) in [4.78, 5) is 24.5. The third-order valence-corrected chi connectivity index (χ3v) is 4.00. The lowest BCUT2D eigenvalue weighted by Crippen LogP contribution is -2.25. The topological polar surface area (TPSA) is 59.3 Å². The van der Waals surface area contributed by atoms with E-state index in [0.717, 1.165) is 5.56 Å². The number of carboxylic acid groups (broad SMARTS) is 1. The fraction of sp³-hybridized carbons (Fsp3) is 0.100. The third-order valence-electron chi connectivity index (χ3n) is 4.00. The molecule has 0 saturated heterocycles. The molecule has 120 valence electrons. The standard InChI is InChI=1S/C20H17NO3/c1-21-18(15-10-6-3-7-11-15)17(20(23)24)13-16(19(21)22)12-14-8-4-2-5-9-14/h2-11,13H,12H2,1H3,(H,23,24). The van der Waals surface area contributed by atoms with Gasteiger partial charge in [-0.05, 0) is 17.2 Å². The lowest BCUT2D eigenvalue weighted by Gasteiger charge is -2.14. The van der Waals surface area contributed by atoms with Crippen LogP contribution in [0, 0.1) is 0 Å². The summed E-state index contributed by atoms with van der Waals surface area (Å²) in [5.74, 6) is -1.04. The number of hydrogen-bond acceptors (Lipinski definition) is 2. The number of pyridine rings is 1. The Hall–Kier alpha value is -3.14. The maximum Gasteiger partial charge on any atom is 0.337 e. The van der Waals surface area contributed by atoms with E-state index < -0.39 is 5.97 Å². The molecule has 0 amide bonds. The SMILES string of the molecule is Cn1c(-c2ccccc2)c(C(=O)O)cc(Cc2ccccc2)c1=O. The molecule has 4 heteroatoms. The lowest BCUT2D eigenvalue weighted by molar-refractivity contribution is 0.0696. The van der Waals surface area contributed by atoms with Gasteiger partial charge in [-0.2, -0.15) is 0 Å². The zero-order valence-corrected chi connectivity index (χ0v) is 13.3. The molecule has 2 aromatic carbocycles. The maximum atomic E-state index is 12.7. The minimum atomic E-state index is -1.04. The summed E-state index contributed by atoms with van der Waals surface area (Å²) >= 11 is 0. The second-order valence-corrected chi connectivity index (χ2v) is 5.63. The number of rotatable bonds is 4. The van der Waals surface area contributed by atoms with Crippen LogP contribution in [0.25, 0.3) is 11.3 Å². The van der Waals surface area contributed by atoms with Gasteiger partial charge >= 0.3 is 5.97 Å². The lowest BCUT2D eigenvalue weighted by atomic mass is 10.00. The van der Waals surface area contributed by atoms with Crippen molar-refractivity contribution in [2.24, 2.45) is 7.05 Å². The van der Waals surface area contributed by atoms with Crippen LogP contribution in [0.1, 0.15) is 21.5 Å². The molecule has 0 aliphatic rings. The van der Waals surface area contributed by atoms with Crippen LogP contribution in [0.4, 0.5) is 0 Å². The first-order chi connectivity index (χ1) is 11.6. The molecule has 0 aliphatic heterocycles. The highest BCUT2D eigenvalue weighted by atomic mass is 16.4. The number of nitrogens with zero attached hydrogens (tertiary/aromatic N) is 1. The van der Waals surface area contributed by atoms with Gasteiger partial charge in [-0.15, -0.1) is 0 Å². The van der Waals surface area contributed by atoms with Gasteiger partial charge in [0.1, 0.15) is 0 Å². The summed E-state index contributed by atoms with van der Waals surface area (Å²) in [6, 6.07) is 20.2. The van der Waals surface area contributed by atoms with E-state index in [2.05, 4.69) is 0 Å². The summed E-state index contributed by atoms with van der Waals surface area (Å²) in [5, 5.41) is 9.62. The van der Waals surface area contributed by atoms with Crippen molar-refractivity contribution in [3.8, 4) is 11.3 Å². The molecule has 1 N–H and O–H groups in total. The molecule has 0 saturated carbocycles. The Kier molecular flexibility index (Phi) is 4.29. The number of hydrogen-bond donors (Lipinski definition) is 1. The first kappa shape index (κ1) is 15.7. The summed E-state index contributed by atoms with van der Waals surface area (Å²) < 4.78 is 1.43. The van der Waals surface area contributed by atoms with Crippen molar-refractivity contribution in [2.45, 2.75) is 6.42 Å². The Morgan fingerprint density at radius 3 is 2.17 bits per heavy atom. The van der Waals surface area contributed by atoms with E-state index in [0.29, 0.717) is 23.2 Å². The summed E-state index contributed by atoms with van der Waals surface area (Å²) in [6.07, 6.45) is 0.406. The highest BCUT2D eigenvalue weighted by molar-refractivity contribution is 5.95. The van der Waals surface area contributed by atoms with Crippen LogP contribution in [-0.2, 0) is 13.5 Å². The van der Waals surface area contributed by atoms with Crippen LogP contribution in [0.5, 0.6) is 0 Å². The fourth-order valence-electron chi connectivity index (χ4n) is 2.85. The Bertz CT molecular complexity index is 928. The number of aromatic nitrogens is 1. The van der Waals surface area contributed by atoms with Crippen molar-refractivity contribution >= 4 is 5.97 Å². The Morgan fingerprint density at radius 1 is 1.00 bits per heavy atom. The molecule has 0 aliphatic carbocycles. The molecule has 1 aromatic heterocycles. The van der Waals surface area contributed by atoms with Gasteiger partial charge in [-0.1, -0.05) is 60.7 Å². The molecular formula is C20H17NO3. The fourth-order valence-corrected chi connectivity index (χ4v) is 2.85. The zero-order valence-electron chi connectivity index (χ0n) is 13.3. The van der Waals surface area contributed by atoms with Crippen molar-refractivity contribution in [1.29, 1.82) is 0 Å². The molecule has 0 bridgehead atoms. The average molecular weight is 319 g/mol. The van der Waals surface area contributed by atoms with E-state index in [1.54, 1.807) is 19.2 Å². The predicted molar refractivity (Wildman–Crippen MR) is 93.3 cm³/mol. The van der Waals surface area contributed by atoms with Gasteiger partial charge in [0.2, 0.25) is 0 Å². The van der Waals surface area contributed by atoms with Crippen molar-refractivity contribution in [1.82, 2.24) is 4.57 Å². The highest BCUT2D eigenvalue weighted by Crippen LogP contribution is 2.23. The summed E-state index contributed by atoms with van der Waals surface area (Å²) in [5.41, 5.74) is 2.53. The van der Waals surface area contributed by atoms with Gasteiger partial charge in [0.05, 0.1) is 11.3 Å². The minimum Gasteiger partial charge on any atom is -0.478 e. The molecular weight excluding hydrogens is 302 g/mol. The van der Waals surface area contributed by atoms with E-state index in [-0.39, 0.29) is 11.1 Å². The van der Waals surface area contributed by atoms with E-state index in [1.165, 1.54) is 10.6 Å². The number of benzene rings is 2. The molecule has 24 heavy (non-hydrogen) atoms. The molecule has 3 rings (SSSR count). The molecule has 0 radical (unpaired) electrons. The van der Waals surface area contributed by atoms with Gasteiger partial charge in [0.15, 0.2) is 0 Å².